The van der Waals surface area contributed by atoms with Gasteiger partial charge in [-0.05, 0) is 42.5 Å². The quantitative estimate of drug-likeness (QED) is 0.691. The second-order valence-electron chi connectivity index (χ2n) is 4.27. The Morgan fingerprint density at radius 1 is 1.11 bits per heavy atom. The Morgan fingerprint density at radius 2 is 1.84 bits per heavy atom. The van der Waals surface area contributed by atoms with Gasteiger partial charge in [0.25, 0.3) is 0 Å². The summed E-state index contributed by atoms with van der Waals surface area (Å²) in [5.74, 6) is -0.495. The van der Waals surface area contributed by atoms with Gasteiger partial charge >= 0.3 is 0 Å². The molecule has 0 atom stereocenters. The number of aromatic amines is 1. The molecule has 3 nitrogen and oxygen atoms in total. The third-order valence-electron chi connectivity index (χ3n) is 3.02. The summed E-state index contributed by atoms with van der Waals surface area (Å²) < 4.78 is 12.8. The van der Waals surface area contributed by atoms with Crippen molar-refractivity contribution < 1.29 is 14.3 Å². The summed E-state index contributed by atoms with van der Waals surface area (Å²) in [5, 5.41) is 10.1. The Labute approximate surface area is 108 Å². The van der Waals surface area contributed by atoms with E-state index in [1.807, 2.05) is 0 Å². The van der Waals surface area contributed by atoms with Crippen molar-refractivity contribution in [2.45, 2.75) is 0 Å². The van der Waals surface area contributed by atoms with Gasteiger partial charge in [0.2, 0.25) is 0 Å². The number of aromatic hydroxyl groups is 1. The molecule has 2 N–H and O–H groups in total. The summed E-state index contributed by atoms with van der Waals surface area (Å²) in [6.45, 7) is 0. The molecule has 1 heterocycles. The molecular weight excluding hydrogens is 245 g/mol. The Bertz CT molecular complexity index is 759. The van der Waals surface area contributed by atoms with E-state index >= 15 is 0 Å². The average molecular weight is 255 g/mol. The molecule has 0 unspecified atom stereocenters. The lowest BCUT2D eigenvalue weighted by molar-refractivity contribution is 0.104. The van der Waals surface area contributed by atoms with E-state index < -0.39 is 0 Å². The van der Waals surface area contributed by atoms with Crippen LogP contribution in [0, 0.1) is 5.82 Å². The number of rotatable bonds is 2. The number of nitrogens with one attached hydrogen (secondary N) is 1. The van der Waals surface area contributed by atoms with E-state index in [0.29, 0.717) is 16.5 Å². The first-order chi connectivity index (χ1) is 9.15. The van der Waals surface area contributed by atoms with Crippen molar-refractivity contribution >= 4 is 16.7 Å². The molecule has 0 bridgehead atoms. The van der Waals surface area contributed by atoms with Crippen LogP contribution in [-0.4, -0.2) is 15.9 Å². The summed E-state index contributed by atoms with van der Waals surface area (Å²) in [5.41, 5.74) is 1.63. The van der Waals surface area contributed by atoms with Crippen molar-refractivity contribution in [2.75, 3.05) is 0 Å². The highest BCUT2D eigenvalue weighted by molar-refractivity contribution is 6.16. The van der Waals surface area contributed by atoms with Gasteiger partial charge in [0, 0.05) is 28.2 Å². The highest BCUT2D eigenvalue weighted by Crippen LogP contribution is 2.24. The zero-order valence-corrected chi connectivity index (χ0v) is 9.85. The van der Waals surface area contributed by atoms with Gasteiger partial charge in [0.1, 0.15) is 11.6 Å². The third-order valence-corrected chi connectivity index (χ3v) is 3.02. The molecule has 2 aromatic carbocycles. The van der Waals surface area contributed by atoms with Crippen LogP contribution in [0.2, 0.25) is 0 Å². The van der Waals surface area contributed by atoms with E-state index in [2.05, 4.69) is 4.98 Å². The number of hydrogen-bond acceptors (Lipinski definition) is 2. The van der Waals surface area contributed by atoms with E-state index in [1.165, 1.54) is 30.3 Å². The van der Waals surface area contributed by atoms with Crippen molar-refractivity contribution in [3.8, 4) is 5.75 Å². The lowest BCUT2D eigenvalue weighted by Gasteiger charge is -2.00. The standard InChI is InChI=1S/C15H10FNO2/c16-10-3-1-9(2-4-10)15(19)13-8-17-14-6-5-11(18)7-12(13)14/h1-8,17-18H. The molecule has 3 rings (SSSR count). The molecule has 0 aliphatic rings. The maximum Gasteiger partial charge on any atom is 0.195 e. The summed E-state index contributed by atoms with van der Waals surface area (Å²) in [6.07, 6.45) is 1.59. The molecule has 0 saturated heterocycles. The zero-order chi connectivity index (χ0) is 13.4. The maximum atomic E-state index is 12.8. The van der Waals surface area contributed by atoms with Crippen molar-refractivity contribution in [1.29, 1.82) is 0 Å². The predicted octanol–water partition coefficient (Wildman–Crippen LogP) is 3.24. The normalized spacial score (nSPS) is 10.8. The number of carbonyl (C=O) groups excluding carboxylic acids is 1. The Hall–Kier alpha value is -2.62. The number of carbonyl (C=O) groups is 1. The minimum absolute atomic E-state index is 0.0975. The number of benzene rings is 2. The molecule has 4 heteroatoms. The summed E-state index contributed by atoms with van der Waals surface area (Å²) in [6, 6.07) is 10.2. The van der Waals surface area contributed by atoms with E-state index in [4.69, 9.17) is 0 Å². The zero-order valence-electron chi connectivity index (χ0n) is 9.85. The first-order valence-corrected chi connectivity index (χ1v) is 5.75. The smallest absolute Gasteiger partial charge is 0.195 e. The van der Waals surface area contributed by atoms with Crippen LogP contribution in [0.1, 0.15) is 15.9 Å². The van der Waals surface area contributed by atoms with Gasteiger partial charge in [-0.1, -0.05) is 0 Å². The molecule has 94 valence electrons. The van der Waals surface area contributed by atoms with Gasteiger partial charge in [-0.2, -0.15) is 0 Å². The Kier molecular flexibility index (Phi) is 2.56. The molecular formula is C15H10FNO2. The molecule has 0 saturated carbocycles. The highest BCUT2D eigenvalue weighted by atomic mass is 19.1. The first kappa shape index (κ1) is 11.5. The predicted molar refractivity (Wildman–Crippen MR) is 69.8 cm³/mol. The monoisotopic (exact) mass is 255 g/mol. The summed E-state index contributed by atoms with van der Waals surface area (Å²) in [4.78, 5) is 15.3. The average Bonchev–Trinajstić information content (AvgIpc) is 2.81. The van der Waals surface area contributed by atoms with E-state index in [9.17, 15) is 14.3 Å². The number of H-pyrrole nitrogens is 1. The molecule has 0 aliphatic carbocycles. The fourth-order valence-corrected chi connectivity index (χ4v) is 2.05. The van der Waals surface area contributed by atoms with Crippen LogP contribution < -0.4 is 0 Å². The minimum atomic E-state index is -0.381. The fourth-order valence-electron chi connectivity index (χ4n) is 2.05. The molecule has 0 aliphatic heterocycles. The van der Waals surface area contributed by atoms with Gasteiger partial charge < -0.3 is 10.1 Å². The van der Waals surface area contributed by atoms with Gasteiger partial charge in [0.15, 0.2) is 5.78 Å². The van der Waals surface area contributed by atoms with Crippen molar-refractivity contribution in [1.82, 2.24) is 4.98 Å². The number of aromatic nitrogens is 1. The van der Waals surface area contributed by atoms with Gasteiger partial charge in [-0.15, -0.1) is 0 Å². The number of halogens is 1. The topological polar surface area (TPSA) is 53.1 Å². The lowest BCUT2D eigenvalue weighted by atomic mass is 10.0. The molecule has 1 aromatic heterocycles. The minimum Gasteiger partial charge on any atom is -0.508 e. The second-order valence-corrected chi connectivity index (χ2v) is 4.27. The molecule has 0 radical (unpaired) electrons. The molecule has 3 aromatic rings. The van der Waals surface area contributed by atoms with Gasteiger partial charge in [0.05, 0.1) is 0 Å². The number of phenols is 1. The summed E-state index contributed by atoms with van der Waals surface area (Å²) >= 11 is 0. The van der Waals surface area contributed by atoms with Crippen molar-refractivity contribution in [3.05, 3.63) is 65.6 Å². The van der Waals surface area contributed by atoms with Crippen LogP contribution in [0.4, 0.5) is 4.39 Å². The molecule has 19 heavy (non-hydrogen) atoms. The van der Waals surface area contributed by atoms with E-state index in [1.54, 1.807) is 18.3 Å². The number of hydrogen-bond donors (Lipinski definition) is 2. The van der Waals surface area contributed by atoms with Crippen LogP contribution >= 0.6 is 0 Å². The van der Waals surface area contributed by atoms with Gasteiger partial charge in [-0.3, -0.25) is 4.79 Å². The van der Waals surface area contributed by atoms with E-state index in [-0.39, 0.29) is 17.3 Å². The van der Waals surface area contributed by atoms with E-state index in [0.717, 1.165) is 5.52 Å². The molecule has 0 amide bonds. The fraction of sp³-hybridized carbons (Fsp3) is 0. The first-order valence-electron chi connectivity index (χ1n) is 5.75. The number of phenolic OH excluding ortho intramolecular Hbond substituents is 1. The number of fused-ring (bicyclic) bond motifs is 1. The van der Waals surface area contributed by atoms with Crippen LogP contribution in [0.15, 0.2) is 48.7 Å². The lowest BCUT2D eigenvalue weighted by Crippen LogP contribution is -2.00. The Balaban J connectivity index is 2.11. The van der Waals surface area contributed by atoms with Crippen LogP contribution in [-0.2, 0) is 0 Å². The van der Waals surface area contributed by atoms with Crippen molar-refractivity contribution in [3.63, 3.8) is 0 Å². The largest absolute Gasteiger partial charge is 0.508 e. The van der Waals surface area contributed by atoms with Crippen LogP contribution in [0.25, 0.3) is 10.9 Å². The van der Waals surface area contributed by atoms with Crippen molar-refractivity contribution in [2.24, 2.45) is 0 Å². The van der Waals surface area contributed by atoms with Gasteiger partial charge in [-0.25, -0.2) is 4.39 Å². The highest BCUT2D eigenvalue weighted by Gasteiger charge is 2.14. The van der Waals surface area contributed by atoms with Crippen LogP contribution in [0.5, 0.6) is 5.75 Å². The third kappa shape index (κ3) is 1.97. The summed E-state index contributed by atoms with van der Waals surface area (Å²) in [7, 11) is 0. The number of ketones is 1. The molecule has 0 spiro atoms. The van der Waals surface area contributed by atoms with Crippen LogP contribution in [0.3, 0.4) is 0 Å². The SMILES string of the molecule is O=C(c1ccc(F)cc1)c1c[nH]c2ccc(O)cc12. The molecule has 0 fully saturated rings. The maximum absolute atomic E-state index is 12.8. The second kappa shape index (κ2) is 4.24. The Morgan fingerprint density at radius 3 is 2.58 bits per heavy atom.